The van der Waals surface area contributed by atoms with Crippen molar-refractivity contribution < 1.29 is 33.0 Å². The van der Waals surface area contributed by atoms with Crippen molar-refractivity contribution in [2.45, 2.75) is 77.9 Å². The first-order chi connectivity index (χ1) is 21.8. The van der Waals surface area contributed by atoms with Gasteiger partial charge in [0.05, 0.1) is 17.9 Å². The van der Waals surface area contributed by atoms with Gasteiger partial charge < -0.3 is 19.5 Å². The number of carbonyl (C=O) groups is 2. The number of halogens is 2. The summed E-state index contributed by atoms with van der Waals surface area (Å²) in [4.78, 5) is 33.0. The minimum atomic E-state index is -1.45. The Morgan fingerprint density at radius 1 is 1.09 bits per heavy atom. The summed E-state index contributed by atoms with van der Waals surface area (Å²) in [6.07, 6.45) is 1.31. The highest BCUT2D eigenvalue weighted by atomic mass is 19.1. The molecule has 0 spiro atoms. The topological polar surface area (TPSA) is 106 Å². The van der Waals surface area contributed by atoms with E-state index in [9.17, 15) is 19.1 Å². The van der Waals surface area contributed by atoms with Crippen molar-refractivity contribution in [2.24, 2.45) is 0 Å². The standard InChI is InChI=1S/C35H38F2N4O5/c1-19-24-7-6-16-45-31(24)26(37)17-25(19)30-29(32(34(43)44)46-35(3,4)5)20(2)38-28-18-27(39-41(28)30)33(42)40-14-12-22(13-15-40)21-8-10-23(36)11-9-21/h8-11,17-18,22,32H,6-7,12-16H2,1-5H3,(H,43,44). The van der Waals surface area contributed by atoms with Crippen LogP contribution in [0.4, 0.5) is 8.78 Å². The molecule has 4 aromatic rings. The van der Waals surface area contributed by atoms with E-state index in [1.165, 1.54) is 22.7 Å². The molecule has 1 saturated heterocycles. The molecule has 6 rings (SSSR count). The first kappa shape index (κ1) is 31.6. The highest BCUT2D eigenvalue weighted by Gasteiger charge is 2.35. The van der Waals surface area contributed by atoms with Gasteiger partial charge in [-0.15, -0.1) is 0 Å². The monoisotopic (exact) mass is 632 g/mol. The molecule has 4 heterocycles. The summed E-state index contributed by atoms with van der Waals surface area (Å²) >= 11 is 0. The van der Waals surface area contributed by atoms with E-state index in [0.717, 1.165) is 30.4 Å². The molecule has 2 aliphatic heterocycles. The van der Waals surface area contributed by atoms with Gasteiger partial charge in [-0.1, -0.05) is 12.1 Å². The number of hydrogen-bond donors (Lipinski definition) is 1. The average Bonchev–Trinajstić information content (AvgIpc) is 3.44. The Hall–Kier alpha value is -4.38. The molecule has 0 bridgehead atoms. The van der Waals surface area contributed by atoms with E-state index in [0.29, 0.717) is 54.3 Å². The van der Waals surface area contributed by atoms with Gasteiger partial charge in [0, 0.05) is 41.5 Å². The molecule has 46 heavy (non-hydrogen) atoms. The van der Waals surface area contributed by atoms with Crippen LogP contribution in [0.3, 0.4) is 0 Å². The second kappa shape index (κ2) is 12.1. The van der Waals surface area contributed by atoms with Crippen LogP contribution in [0, 0.1) is 25.5 Å². The fourth-order valence-electron chi connectivity index (χ4n) is 6.61. The zero-order valence-corrected chi connectivity index (χ0v) is 26.7. The Kier molecular flexibility index (Phi) is 8.30. The van der Waals surface area contributed by atoms with Crippen LogP contribution >= 0.6 is 0 Å². The summed E-state index contributed by atoms with van der Waals surface area (Å²) in [7, 11) is 0. The molecule has 1 fully saturated rings. The molecule has 0 aliphatic carbocycles. The Morgan fingerprint density at radius 3 is 2.43 bits per heavy atom. The number of nitrogens with zero attached hydrogens (tertiary/aromatic N) is 4. The largest absolute Gasteiger partial charge is 0.490 e. The van der Waals surface area contributed by atoms with Crippen LogP contribution in [0.25, 0.3) is 16.9 Å². The Bertz CT molecular complexity index is 1820. The third kappa shape index (κ3) is 5.95. The smallest absolute Gasteiger partial charge is 0.337 e. The molecule has 0 saturated carbocycles. The lowest BCUT2D eigenvalue weighted by atomic mass is 9.89. The highest BCUT2D eigenvalue weighted by molar-refractivity contribution is 5.94. The first-order valence-electron chi connectivity index (χ1n) is 15.6. The van der Waals surface area contributed by atoms with Gasteiger partial charge in [0.1, 0.15) is 5.82 Å². The molecule has 9 nitrogen and oxygen atoms in total. The second-order valence-corrected chi connectivity index (χ2v) is 13.1. The first-order valence-corrected chi connectivity index (χ1v) is 15.6. The normalized spacial score (nSPS) is 16.3. The van der Waals surface area contributed by atoms with Crippen LogP contribution in [-0.4, -0.2) is 61.8 Å². The van der Waals surface area contributed by atoms with Crippen LogP contribution in [0.1, 0.15) is 90.5 Å². The summed E-state index contributed by atoms with van der Waals surface area (Å²) in [5.74, 6) is -1.93. The van der Waals surface area contributed by atoms with E-state index >= 15 is 4.39 Å². The van der Waals surface area contributed by atoms with E-state index in [4.69, 9.17) is 14.6 Å². The van der Waals surface area contributed by atoms with Gasteiger partial charge in [0.25, 0.3) is 5.91 Å². The van der Waals surface area contributed by atoms with Crippen molar-refractivity contribution in [3.05, 3.63) is 81.7 Å². The molecule has 1 unspecified atom stereocenters. The van der Waals surface area contributed by atoms with Gasteiger partial charge in [-0.3, -0.25) is 4.79 Å². The third-order valence-corrected chi connectivity index (χ3v) is 8.82. The van der Waals surface area contributed by atoms with Crippen LogP contribution in [0.15, 0.2) is 36.4 Å². The number of carboxylic acids is 1. The molecule has 2 aromatic heterocycles. The number of carbonyl (C=O) groups excluding carboxylic acids is 1. The molecule has 242 valence electrons. The number of amides is 1. The zero-order chi connectivity index (χ0) is 32.9. The van der Waals surface area contributed by atoms with E-state index in [1.807, 2.05) is 6.92 Å². The molecule has 2 aliphatic rings. The number of hydrogen-bond acceptors (Lipinski definition) is 6. The number of aliphatic carboxylic acids is 1. The van der Waals surface area contributed by atoms with Crippen LogP contribution in [0.5, 0.6) is 5.75 Å². The van der Waals surface area contributed by atoms with Crippen LogP contribution in [0.2, 0.25) is 0 Å². The number of aromatic nitrogens is 3. The molecular formula is C35H38F2N4O5. The molecule has 1 N–H and O–H groups in total. The zero-order valence-electron chi connectivity index (χ0n) is 26.7. The SMILES string of the molecule is Cc1nc2cc(C(=O)N3CCC(c4ccc(F)cc4)CC3)nn2c(-c2cc(F)c3c(c2C)CCCO3)c1C(OC(C)(C)C)C(=O)O. The number of fused-ring (bicyclic) bond motifs is 2. The average molecular weight is 633 g/mol. The van der Waals surface area contributed by atoms with Gasteiger partial charge >= 0.3 is 5.97 Å². The van der Waals surface area contributed by atoms with Crippen molar-refractivity contribution in [1.82, 2.24) is 19.5 Å². The van der Waals surface area contributed by atoms with Crippen molar-refractivity contribution in [3.8, 4) is 17.0 Å². The maximum Gasteiger partial charge on any atom is 0.337 e. The molecule has 11 heteroatoms. The lowest BCUT2D eigenvalue weighted by Crippen LogP contribution is -2.38. The van der Waals surface area contributed by atoms with Gasteiger partial charge in [0.2, 0.25) is 0 Å². The van der Waals surface area contributed by atoms with Gasteiger partial charge in [0.15, 0.2) is 29.0 Å². The number of ether oxygens (including phenoxy) is 2. The minimum absolute atomic E-state index is 0.147. The Morgan fingerprint density at radius 2 is 1.78 bits per heavy atom. The fraction of sp³-hybridized carbons (Fsp3) is 0.429. The van der Waals surface area contributed by atoms with Crippen molar-refractivity contribution >= 4 is 17.5 Å². The number of likely N-dealkylation sites (tertiary alicyclic amines) is 1. The quantitative estimate of drug-likeness (QED) is 0.256. The van der Waals surface area contributed by atoms with Crippen molar-refractivity contribution in [3.63, 3.8) is 0 Å². The molecular weight excluding hydrogens is 594 g/mol. The summed E-state index contributed by atoms with van der Waals surface area (Å²) < 4.78 is 42.2. The lowest BCUT2D eigenvalue weighted by Gasteiger charge is -2.31. The summed E-state index contributed by atoms with van der Waals surface area (Å²) in [5.41, 5.74) is 3.46. The molecule has 1 atom stereocenters. The second-order valence-electron chi connectivity index (χ2n) is 13.1. The maximum atomic E-state index is 15.6. The Labute approximate surface area is 266 Å². The Balaban J connectivity index is 1.45. The summed E-state index contributed by atoms with van der Waals surface area (Å²) in [6.45, 7) is 10.2. The summed E-state index contributed by atoms with van der Waals surface area (Å²) in [6, 6.07) is 9.42. The third-order valence-electron chi connectivity index (χ3n) is 8.82. The van der Waals surface area contributed by atoms with E-state index < -0.39 is 23.5 Å². The number of benzene rings is 2. The van der Waals surface area contributed by atoms with Crippen LogP contribution in [-0.2, 0) is 16.0 Å². The fourth-order valence-corrected chi connectivity index (χ4v) is 6.61. The highest BCUT2D eigenvalue weighted by Crippen LogP contribution is 2.42. The number of piperidine rings is 1. The van der Waals surface area contributed by atoms with Crippen LogP contribution < -0.4 is 4.74 Å². The lowest BCUT2D eigenvalue weighted by molar-refractivity contribution is -0.160. The molecule has 2 aromatic carbocycles. The van der Waals surface area contributed by atoms with Gasteiger partial charge in [-0.05, 0) is 95.5 Å². The van der Waals surface area contributed by atoms with Crippen molar-refractivity contribution in [2.75, 3.05) is 19.7 Å². The van der Waals surface area contributed by atoms with E-state index in [-0.39, 0.29) is 34.6 Å². The predicted octanol–water partition coefficient (Wildman–Crippen LogP) is 6.58. The van der Waals surface area contributed by atoms with Gasteiger partial charge in [-0.25, -0.2) is 23.1 Å². The maximum absolute atomic E-state index is 15.6. The summed E-state index contributed by atoms with van der Waals surface area (Å²) in [5, 5.41) is 15.1. The number of aryl methyl sites for hydroxylation is 1. The van der Waals surface area contributed by atoms with E-state index in [2.05, 4.69) is 4.98 Å². The molecule has 0 radical (unpaired) electrons. The van der Waals surface area contributed by atoms with Crippen molar-refractivity contribution in [1.29, 1.82) is 0 Å². The number of rotatable bonds is 6. The molecule has 1 amide bonds. The van der Waals surface area contributed by atoms with Gasteiger partial charge in [-0.2, -0.15) is 5.10 Å². The van der Waals surface area contributed by atoms with E-state index in [1.54, 1.807) is 50.8 Å². The minimum Gasteiger partial charge on any atom is -0.490 e. The predicted molar refractivity (Wildman–Crippen MR) is 167 cm³/mol. The number of carboxylic acid groups (broad SMARTS) is 1.